The van der Waals surface area contributed by atoms with Crippen LogP contribution in [0.1, 0.15) is 16.0 Å². The van der Waals surface area contributed by atoms with Crippen LogP contribution in [0.4, 0.5) is 0 Å². The Morgan fingerprint density at radius 1 is 1.30 bits per heavy atom. The fourth-order valence-electron chi connectivity index (χ4n) is 1.99. The second-order valence-corrected chi connectivity index (χ2v) is 5.65. The number of nitrogens with one attached hydrogen (secondary N) is 1. The molecule has 20 heavy (non-hydrogen) atoms. The normalized spacial score (nSPS) is 10.4. The Kier molecular flexibility index (Phi) is 5.84. The highest BCUT2D eigenvalue weighted by molar-refractivity contribution is 7.10. The van der Waals surface area contributed by atoms with Gasteiger partial charge in [-0.25, -0.2) is 0 Å². The van der Waals surface area contributed by atoms with E-state index >= 15 is 0 Å². The lowest BCUT2D eigenvalue weighted by Crippen LogP contribution is -2.20. The second kappa shape index (κ2) is 7.88. The fourth-order valence-corrected chi connectivity index (χ4v) is 2.86. The maximum Gasteiger partial charge on any atom is 0.122 e. The molecule has 106 valence electrons. The van der Waals surface area contributed by atoms with Crippen LogP contribution in [0.2, 0.25) is 0 Å². The van der Waals surface area contributed by atoms with E-state index in [1.54, 1.807) is 11.3 Å². The highest BCUT2D eigenvalue weighted by atomic mass is 32.1. The fraction of sp³-hybridized carbons (Fsp3) is 0.294. The Balaban J connectivity index is 1.73. The van der Waals surface area contributed by atoms with Gasteiger partial charge in [0.25, 0.3) is 0 Å². The van der Waals surface area contributed by atoms with Gasteiger partial charge in [-0.2, -0.15) is 0 Å². The van der Waals surface area contributed by atoms with Crippen molar-refractivity contribution in [2.75, 3.05) is 13.2 Å². The van der Waals surface area contributed by atoms with Crippen molar-refractivity contribution >= 4 is 11.3 Å². The number of aryl methyl sites for hydroxylation is 1. The third-order valence-electron chi connectivity index (χ3n) is 3.13. The van der Waals surface area contributed by atoms with Gasteiger partial charge >= 0.3 is 0 Å². The molecule has 0 aliphatic heterocycles. The predicted octanol–water partition coefficient (Wildman–Crippen LogP) is 3.95. The van der Waals surface area contributed by atoms with Crippen LogP contribution in [-0.4, -0.2) is 13.2 Å². The van der Waals surface area contributed by atoms with Crippen molar-refractivity contribution in [1.82, 2.24) is 5.32 Å². The largest absolute Gasteiger partial charge is 0.492 e. The summed E-state index contributed by atoms with van der Waals surface area (Å²) in [7, 11) is 0. The number of para-hydroxylation sites is 1. The third-order valence-corrected chi connectivity index (χ3v) is 4.15. The van der Waals surface area contributed by atoms with E-state index in [1.165, 1.54) is 16.0 Å². The van der Waals surface area contributed by atoms with E-state index in [9.17, 15) is 0 Å². The molecule has 0 saturated carbocycles. The van der Waals surface area contributed by atoms with Crippen LogP contribution >= 0.6 is 11.3 Å². The summed E-state index contributed by atoms with van der Waals surface area (Å²) in [5, 5.41) is 5.55. The van der Waals surface area contributed by atoms with Gasteiger partial charge in [0.1, 0.15) is 12.4 Å². The molecule has 0 aliphatic rings. The molecule has 1 aromatic carbocycles. The molecule has 0 amide bonds. The highest BCUT2D eigenvalue weighted by Crippen LogP contribution is 2.18. The molecule has 2 nitrogen and oxygen atoms in total. The van der Waals surface area contributed by atoms with Gasteiger partial charge in [0.2, 0.25) is 0 Å². The molecule has 0 fully saturated rings. The molecule has 1 aromatic heterocycles. The van der Waals surface area contributed by atoms with Crippen molar-refractivity contribution in [3.63, 3.8) is 0 Å². The molecule has 3 heteroatoms. The molecule has 2 rings (SSSR count). The lowest BCUT2D eigenvalue weighted by molar-refractivity contribution is 0.311. The molecule has 0 bridgehead atoms. The van der Waals surface area contributed by atoms with Gasteiger partial charge < -0.3 is 10.1 Å². The lowest BCUT2D eigenvalue weighted by Gasteiger charge is -2.10. The highest BCUT2D eigenvalue weighted by Gasteiger charge is 2.01. The standard InChI is InChI=1S/C17H21NOS/c1-3-6-15-7-4-5-8-16(15)19-11-10-18-13-17-14(2)9-12-20-17/h3-5,7-9,12,18H,1,6,10-11,13H2,2H3. The zero-order valence-electron chi connectivity index (χ0n) is 11.9. The summed E-state index contributed by atoms with van der Waals surface area (Å²) in [5.41, 5.74) is 2.55. The van der Waals surface area contributed by atoms with Crippen LogP contribution in [0.3, 0.4) is 0 Å². The van der Waals surface area contributed by atoms with Crippen molar-refractivity contribution in [3.8, 4) is 5.75 Å². The topological polar surface area (TPSA) is 21.3 Å². The Morgan fingerprint density at radius 2 is 2.15 bits per heavy atom. The van der Waals surface area contributed by atoms with E-state index in [4.69, 9.17) is 4.74 Å². The second-order valence-electron chi connectivity index (χ2n) is 4.65. The van der Waals surface area contributed by atoms with Gasteiger partial charge in [-0.15, -0.1) is 17.9 Å². The predicted molar refractivity (Wildman–Crippen MR) is 86.6 cm³/mol. The number of thiophene rings is 1. The molecule has 0 aliphatic carbocycles. The molecule has 0 atom stereocenters. The first-order valence-electron chi connectivity index (χ1n) is 6.86. The first-order valence-corrected chi connectivity index (χ1v) is 7.74. The zero-order valence-corrected chi connectivity index (χ0v) is 12.7. The minimum absolute atomic E-state index is 0.679. The number of allylic oxidation sites excluding steroid dienone is 1. The van der Waals surface area contributed by atoms with Gasteiger partial charge in [-0.3, -0.25) is 0 Å². The van der Waals surface area contributed by atoms with Crippen molar-refractivity contribution in [3.05, 3.63) is 64.4 Å². The molecule has 1 N–H and O–H groups in total. The van der Waals surface area contributed by atoms with E-state index < -0.39 is 0 Å². The molecular formula is C17H21NOS. The Morgan fingerprint density at radius 3 is 2.90 bits per heavy atom. The van der Waals surface area contributed by atoms with Crippen LogP contribution in [0, 0.1) is 6.92 Å². The van der Waals surface area contributed by atoms with Gasteiger partial charge in [0.15, 0.2) is 0 Å². The van der Waals surface area contributed by atoms with Crippen molar-refractivity contribution in [2.45, 2.75) is 19.9 Å². The maximum absolute atomic E-state index is 5.83. The Hall–Kier alpha value is -1.58. The summed E-state index contributed by atoms with van der Waals surface area (Å²) in [4.78, 5) is 1.40. The van der Waals surface area contributed by atoms with Crippen molar-refractivity contribution < 1.29 is 4.74 Å². The number of hydrogen-bond acceptors (Lipinski definition) is 3. The monoisotopic (exact) mass is 287 g/mol. The summed E-state index contributed by atoms with van der Waals surface area (Å²) in [6.45, 7) is 8.37. The first-order chi connectivity index (χ1) is 9.81. The van der Waals surface area contributed by atoms with Crippen molar-refractivity contribution in [2.24, 2.45) is 0 Å². The number of rotatable bonds is 8. The molecular weight excluding hydrogens is 266 g/mol. The minimum atomic E-state index is 0.679. The van der Waals surface area contributed by atoms with Crippen molar-refractivity contribution in [1.29, 1.82) is 0 Å². The Bertz CT molecular complexity index is 547. The molecule has 0 radical (unpaired) electrons. The number of ether oxygens (including phenoxy) is 1. The average Bonchev–Trinajstić information content (AvgIpc) is 2.86. The first kappa shape index (κ1) is 14.8. The molecule has 1 heterocycles. The summed E-state index contributed by atoms with van der Waals surface area (Å²) >= 11 is 1.80. The summed E-state index contributed by atoms with van der Waals surface area (Å²) in [5.74, 6) is 0.960. The summed E-state index contributed by atoms with van der Waals surface area (Å²) in [6, 6.07) is 10.3. The average molecular weight is 287 g/mol. The third kappa shape index (κ3) is 4.22. The number of hydrogen-bond donors (Lipinski definition) is 1. The molecule has 2 aromatic rings. The SMILES string of the molecule is C=CCc1ccccc1OCCNCc1sccc1C. The van der Waals surface area contributed by atoms with Crippen LogP contribution in [0.15, 0.2) is 48.4 Å². The van der Waals surface area contributed by atoms with Gasteiger partial charge in [0, 0.05) is 18.0 Å². The minimum Gasteiger partial charge on any atom is -0.492 e. The molecule has 0 saturated heterocycles. The Labute approximate surface area is 125 Å². The van der Waals surface area contributed by atoms with E-state index in [1.807, 2.05) is 24.3 Å². The zero-order chi connectivity index (χ0) is 14.2. The lowest BCUT2D eigenvalue weighted by atomic mass is 10.1. The summed E-state index contributed by atoms with van der Waals surface area (Å²) < 4.78 is 5.83. The van der Waals surface area contributed by atoms with Crippen LogP contribution in [0.25, 0.3) is 0 Å². The quantitative estimate of drug-likeness (QED) is 0.586. The number of benzene rings is 1. The van der Waals surface area contributed by atoms with E-state index in [0.717, 1.165) is 25.3 Å². The van der Waals surface area contributed by atoms with Crippen LogP contribution in [0.5, 0.6) is 5.75 Å². The van der Waals surface area contributed by atoms with Gasteiger partial charge in [-0.1, -0.05) is 24.3 Å². The van der Waals surface area contributed by atoms with Crippen LogP contribution < -0.4 is 10.1 Å². The van der Waals surface area contributed by atoms with E-state index in [0.29, 0.717) is 6.61 Å². The maximum atomic E-state index is 5.83. The van der Waals surface area contributed by atoms with Gasteiger partial charge in [-0.05, 0) is 42.0 Å². The van der Waals surface area contributed by atoms with E-state index in [-0.39, 0.29) is 0 Å². The molecule has 0 spiro atoms. The van der Waals surface area contributed by atoms with Gasteiger partial charge in [0.05, 0.1) is 0 Å². The smallest absolute Gasteiger partial charge is 0.122 e. The summed E-state index contributed by atoms with van der Waals surface area (Å²) in [6.07, 6.45) is 2.75. The van der Waals surface area contributed by atoms with Crippen LogP contribution in [-0.2, 0) is 13.0 Å². The molecule has 0 unspecified atom stereocenters. The van der Waals surface area contributed by atoms with E-state index in [2.05, 4.69) is 36.3 Å².